The summed E-state index contributed by atoms with van der Waals surface area (Å²) >= 11 is 1.95. The Morgan fingerprint density at radius 1 is 1.26 bits per heavy atom. The third-order valence-corrected chi connectivity index (χ3v) is 5.68. The summed E-state index contributed by atoms with van der Waals surface area (Å²) in [5.41, 5.74) is 6.36. The Balaban J connectivity index is 2.44. The summed E-state index contributed by atoms with van der Waals surface area (Å²) in [6, 6.07) is 1.10. The Labute approximate surface area is 124 Å². The Hall–Kier alpha value is 0.270. The predicted molar refractivity (Wildman–Crippen MR) is 88.7 cm³/mol. The molecule has 2 nitrogen and oxygen atoms in total. The van der Waals surface area contributed by atoms with Gasteiger partial charge in [-0.2, -0.15) is 11.8 Å². The van der Waals surface area contributed by atoms with Crippen LogP contribution in [0.5, 0.6) is 0 Å². The van der Waals surface area contributed by atoms with Crippen LogP contribution >= 0.6 is 11.8 Å². The Morgan fingerprint density at radius 3 is 2.53 bits per heavy atom. The van der Waals surface area contributed by atoms with Gasteiger partial charge in [-0.1, -0.05) is 13.8 Å². The molecule has 4 unspecified atom stereocenters. The van der Waals surface area contributed by atoms with E-state index in [1.54, 1.807) is 0 Å². The van der Waals surface area contributed by atoms with E-state index >= 15 is 0 Å². The smallest absolute Gasteiger partial charge is 0.00795 e. The highest BCUT2D eigenvalue weighted by Gasteiger charge is 2.30. The van der Waals surface area contributed by atoms with Crippen molar-refractivity contribution in [2.24, 2.45) is 23.5 Å². The Bertz CT molecular complexity index is 245. The van der Waals surface area contributed by atoms with Crippen molar-refractivity contribution in [2.45, 2.75) is 58.5 Å². The monoisotopic (exact) mass is 286 g/mol. The third-order valence-electron chi connectivity index (χ3n) is 5.04. The van der Waals surface area contributed by atoms with Crippen molar-refractivity contribution in [3.05, 3.63) is 0 Å². The lowest BCUT2D eigenvalue weighted by atomic mass is 9.73. The lowest BCUT2D eigenvalue weighted by Gasteiger charge is -2.39. The molecule has 0 heterocycles. The summed E-state index contributed by atoms with van der Waals surface area (Å²) < 4.78 is 0. The van der Waals surface area contributed by atoms with Crippen LogP contribution in [-0.4, -0.2) is 42.6 Å². The van der Waals surface area contributed by atoms with Gasteiger partial charge in [0.05, 0.1) is 0 Å². The average molecular weight is 287 g/mol. The molecule has 0 saturated heterocycles. The van der Waals surface area contributed by atoms with Crippen molar-refractivity contribution in [3.8, 4) is 0 Å². The molecular formula is C16H34N2S. The van der Waals surface area contributed by atoms with Crippen molar-refractivity contribution >= 4 is 11.8 Å². The second-order valence-corrected chi connectivity index (χ2v) is 7.80. The lowest BCUT2D eigenvalue weighted by molar-refractivity contribution is 0.131. The minimum atomic E-state index is 0.421. The van der Waals surface area contributed by atoms with Gasteiger partial charge in [0.25, 0.3) is 0 Å². The van der Waals surface area contributed by atoms with Crippen molar-refractivity contribution in [1.82, 2.24) is 4.90 Å². The van der Waals surface area contributed by atoms with Crippen LogP contribution in [-0.2, 0) is 0 Å². The van der Waals surface area contributed by atoms with Gasteiger partial charge in [-0.05, 0) is 69.4 Å². The van der Waals surface area contributed by atoms with Crippen LogP contribution in [0, 0.1) is 17.8 Å². The maximum absolute atomic E-state index is 6.36. The lowest BCUT2D eigenvalue weighted by Crippen LogP contribution is -2.45. The van der Waals surface area contributed by atoms with E-state index < -0.39 is 0 Å². The first-order valence-corrected chi connectivity index (χ1v) is 9.29. The van der Waals surface area contributed by atoms with Crippen LogP contribution in [0.2, 0.25) is 0 Å². The molecule has 114 valence electrons. The molecule has 0 bridgehead atoms. The fraction of sp³-hybridized carbons (Fsp3) is 1.00. The first kappa shape index (κ1) is 17.3. The number of nitrogens with zero attached hydrogens (tertiary/aromatic N) is 1. The molecule has 0 radical (unpaired) electrons. The summed E-state index contributed by atoms with van der Waals surface area (Å²) in [6.45, 7) is 8.26. The van der Waals surface area contributed by atoms with E-state index in [1.807, 2.05) is 11.8 Å². The zero-order chi connectivity index (χ0) is 14.4. The molecule has 1 fully saturated rings. The van der Waals surface area contributed by atoms with Crippen LogP contribution in [0.3, 0.4) is 0 Å². The maximum Gasteiger partial charge on any atom is 0.00795 e. The number of hydrogen-bond donors (Lipinski definition) is 1. The summed E-state index contributed by atoms with van der Waals surface area (Å²) in [5.74, 6) is 3.66. The van der Waals surface area contributed by atoms with E-state index in [-0.39, 0.29) is 0 Å². The fourth-order valence-electron chi connectivity index (χ4n) is 3.20. The van der Waals surface area contributed by atoms with E-state index in [0.29, 0.717) is 18.0 Å². The first-order chi connectivity index (χ1) is 8.95. The molecule has 1 aliphatic carbocycles. The SMILES string of the molecule is CSCCC(C)N(C)CC1CC(C(C)C)CCC1N. The highest BCUT2D eigenvalue weighted by Crippen LogP contribution is 2.33. The number of thioether (sulfide) groups is 1. The van der Waals surface area contributed by atoms with Crippen LogP contribution in [0.25, 0.3) is 0 Å². The molecule has 1 aliphatic rings. The fourth-order valence-corrected chi connectivity index (χ4v) is 3.77. The Morgan fingerprint density at radius 2 is 1.95 bits per heavy atom. The molecule has 1 saturated carbocycles. The summed E-state index contributed by atoms with van der Waals surface area (Å²) in [5, 5.41) is 0. The molecular weight excluding hydrogens is 252 g/mol. The number of hydrogen-bond acceptors (Lipinski definition) is 3. The Kier molecular flexibility index (Phi) is 7.78. The summed E-state index contributed by atoms with van der Waals surface area (Å²) in [4.78, 5) is 2.53. The minimum absolute atomic E-state index is 0.421. The molecule has 2 N–H and O–H groups in total. The highest BCUT2D eigenvalue weighted by atomic mass is 32.2. The van der Waals surface area contributed by atoms with Gasteiger partial charge in [0, 0.05) is 18.6 Å². The second kappa shape index (κ2) is 8.53. The van der Waals surface area contributed by atoms with Crippen LogP contribution in [0.15, 0.2) is 0 Å². The van der Waals surface area contributed by atoms with E-state index in [0.717, 1.165) is 11.8 Å². The molecule has 0 aromatic heterocycles. The standard InChI is InChI=1S/C16H34N2S/c1-12(2)14-6-7-16(17)15(10-14)11-18(4)13(3)8-9-19-5/h12-16H,6-11,17H2,1-5H3. The molecule has 3 heteroatoms. The van der Waals surface area contributed by atoms with E-state index in [2.05, 4.69) is 39.0 Å². The van der Waals surface area contributed by atoms with Gasteiger partial charge < -0.3 is 10.6 Å². The maximum atomic E-state index is 6.36. The van der Waals surface area contributed by atoms with Crippen molar-refractivity contribution < 1.29 is 0 Å². The van der Waals surface area contributed by atoms with Crippen LogP contribution in [0.1, 0.15) is 46.5 Å². The minimum Gasteiger partial charge on any atom is -0.327 e. The molecule has 0 amide bonds. The van der Waals surface area contributed by atoms with E-state index in [1.165, 1.54) is 38.0 Å². The molecule has 19 heavy (non-hydrogen) atoms. The van der Waals surface area contributed by atoms with E-state index in [4.69, 9.17) is 5.73 Å². The second-order valence-electron chi connectivity index (χ2n) is 6.81. The van der Waals surface area contributed by atoms with Crippen molar-refractivity contribution in [3.63, 3.8) is 0 Å². The molecule has 0 spiro atoms. The molecule has 0 aromatic carbocycles. The molecule has 4 atom stereocenters. The van der Waals surface area contributed by atoms with Gasteiger partial charge in [-0.15, -0.1) is 0 Å². The van der Waals surface area contributed by atoms with Crippen molar-refractivity contribution in [1.29, 1.82) is 0 Å². The summed E-state index contributed by atoms with van der Waals surface area (Å²) in [7, 11) is 2.27. The third kappa shape index (κ3) is 5.65. The number of rotatable bonds is 7. The van der Waals surface area contributed by atoms with Gasteiger partial charge in [0.15, 0.2) is 0 Å². The average Bonchev–Trinajstić information content (AvgIpc) is 2.38. The summed E-state index contributed by atoms with van der Waals surface area (Å²) in [6.07, 6.45) is 7.37. The molecule has 0 aliphatic heterocycles. The van der Waals surface area contributed by atoms with Gasteiger partial charge in [-0.3, -0.25) is 0 Å². The molecule has 0 aromatic rings. The van der Waals surface area contributed by atoms with E-state index in [9.17, 15) is 0 Å². The van der Waals surface area contributed by atoms with Crippen molar-refractivity contribution in [2.75, 3.05) is 25.6 Å². The first-order valence-electron chi connectivity index (χ1n) is 7.90. The number of nitrogens with two attached hydrogens (primary N) is 1. The normalized spacial score (nSPS) is 30.0. The zero-order valence-electron chi connectivity index (χ0n) is 13.6. The largest absolute Gasteiger partial charge is 0.327 e. The van der Waals surface area contributed by atoms with Gasteiger partial charge >= 0.3 is 0 Å². The molecule has 1 rings (SSSR count). The highest BCUT2D eigenvalue weighted by molar-refractivity contribution is 7.98. The van der Waals surface area contributed by atoms with Gasteiger partial charge in [-0.25, -0.2) is 0 Å². The van der Waals surface area contributed by atoms with Crippen LogP contribution in [0.4, 0.5) is 0 Å². The topological polar surface area (TPSA) is 29.3 Å². The zero-order valence-corrected chi connectivity index (χ0v) is 14.4. The quantitative estimate of drug-likeness (QED) is 0.777. The predicted octanol–water partition coefficient (Wildman–Crippen LogP) is 3.46. The van der Waals surface area contributed by atoms with Crippen LogP contribution < -0.4 is 5.73 Å². The van der Waals surface area contributed by atoms with Gasteiger partial charge in [0.2, 0.25) is 0 Å². The van der Waals surface area contributed by atoms with Gasteiger partial charge in [0.1, 0.15) is 0 Å².